The van der Waals surface area contributed by atoms with Crippen molar-refractivity contribution in [3.05, 3.63) is 24.2 Å². The van der Waals surface area contributed by atoms with Crippen molar-refractivity contribution in [1.29, 1.82) is 0 Å². The zero-order chi connectivity index (χ0) is 22.7. The first kappa shape index (κ1) is 23.1. The number of likely N-dealkylation sites (tertiary alicyclic amines) is 2. The van der Waals surface area contributed by atoms with Crippen LogP contribution in [0.15, 0.2) is 22.8 Å². The van der Waals surface area contributed by atoms with E-state index in [0.29, 0.717) is 24.5 Å². The molecule has 0 bridgehead atoms. The summed E-state index contributed by atoms with van der Waals surface area (Å²) < 4.78 is 16.8. The molecule has 8 nitrogen and oxygen atoms in total. The molecule has 1 N–H and O–H groups in total. The minimum Gasteiger partial charge on any atom is -0.459 e. The van der Waals surface area contributed by atoms with E-state index >= 15 is 0 Å². The molecule has 8 heteroatoms. The van der Waals surface area contributed by atoms with E-state index in [9.17, 15) is 9.59 Å². The Morgan fingerprint density at radius 1 is 1.12 bits per heavy atom. The van der Waals surface area contributed by atoms with Gasteiger partial charge in [-0.3, -0.25) is 4.79 Å². The van der Waals surface area contributed by atoms with Gasteiger partial charge in [0.15, 0.2) is 5.76 Å². The lowest BCUT2D eigenvalue weighted by Gasteiger charge is -2.42. The molecule has 0 spiro atoms. The van der Waals surface area contributed by atoms with Crippen LogP contribution in [0, 0.1) is 5.92 Å². The van der Waals surface area contributed by atoms with Crippen molar-refractivity contribution in [2.75, 3.05) is 32.8 Å². The van der Waals surface area contributed by atoms with Crippen molar-refractivity contribution in [3.63, 3.8) is 0 Å². The number of hydrogen-bond donors (Lipinski definition) is 1. The van der Waals surface area contributed by atoms with Gasteiger partial charge in [0.05, 0.1) is 12.9 Å². The van der Waals surface area contributed by atoms with Crippen LogP contribution in [-0.4, -0.2) is 78.4 Å². The highest BCUT2D eigenvalue weighted by atomic mass is 16.6. The van der Waals surface area contributed by atoms with Crippen LogP contribution in [0.4, 0.5) is 4.79 Å². The van der Waals surface area contributed by atoms with Crippen LogP contribution in [0.1, 0.15) is 63.4 Å². The number of nitrogens with one attached hydrogen (secondary N) is 1. The second-order valence-electron chi connectivity index (χ2n) is 10.2. The Morgan fingerprint density at radius 3 is 2.59 bits per heavy atom. The van der Waals surface area contributed by atoms with Crippen molar-refractivity contribution >= 4 is 12.0 Å². The normalized spacial score (nSPS) is 27.5. The molecule has 0 saturated carbocycles. The monoisotopic (exact) mass is 447 g/mol. The van der Waals surface area contributed by atoms with Crippen LogP contribution in [0.2, 0.25) is 0 Å². The van der Waals surface area contributed by atoms with Gasteiger partial charge in [0.1, 0.15) is 5.60 Å². The lowest BCUT2D eigenvalue weighted by Crippen LogP contribution is -2.56. The summed E-state index contributed by atoms with van der Waals surface area (Å²) in [5.74, 6) is 0.627. The zero-order valence-corrected chi connectivity index (χ0v) is 19.5. The topological polar surface area (TPSA) is 84.2 Å². The summed E-state index contributed by atoms with van der Waals surface area (Å²) in [5, 5.41) is 3.87. The Hall–Kier alpha value is -2.06. The SMILES string of the molecule is CC(C)(C)OC(=O)N1CCC[C@@H]1[C@@H]1COCC[C@@H]1NC1CCN(C(=O)c2ccco2)CC1. The van der Waals surface area contributed by atoms with Gasteiger partial charge in [-0.15, -0.1) is 0 Å². The van der Waals surface area contributed by atoms with Gasteiger partial charge in [-0.05, 0) is 65.0 Å². The number of ether oxygens (including phenoxy) is 2. The molecular weight excluding hydrogens is 410 g/mol. The average molecular weight is 448 g/mol. The molecule has 2 amide bonds. The van der Waals surface area contributed by atoms with E-state index in [1.165, 1.54) is 6.26 Å². The van der Waals surface area contributed by atoms with Crippen LogP contribution >= 0.6 is 0 Å². The van der Waals surface area contributed by atoms with Crippen molar-refractivity contribution in [3.8, 4) is 0 Å². The highest BCUT2D eigenvalue weighted by Gasteiger charge is 2.42. The molecule has 32 heavy (non-hydrogen) atoms. The van der Waals surface area contributed by atoms with E-state index in [1.54, 1.807) is 12.1 Å². The molecule has 0 radical (unpaired) electrons. The van der Waals surface area contributed by atoms with Crippen LogP contribution < -0.4 is 5.32 Å². The molecule has 4 heterocycles. The second kappa shape index (κ2) is 9.83. The highest BCUT2D eigenvalue weighted by molar-refractivity contribution is 5.91. The lowest BCUT2D eigenvalue weighted by atomic mass is 9.86. The quantitative estimate of drug-likeness (QED) is 0.763. The van der Waals surface area contributed by atoms with Gasteiger partial charge in [0.2, 0.25) is 0 Å². The Morgan fingerprint density at radius 2 is 1.91 bits per heavy atom. The predicted molar refractivity (Wildman–Crippen MR) is 119 cm³/mol. The fraction of sp³-hybridized carbons (Fsp3) is 0.750. The molecule has 1 aromatic heterocycles. The number of carbonyl (C=O) groups is 2. The number of hydrogen-bond acceptors (Lipinski definition) is 6. The van der Waals surface area contributed by atoms with Crippen molar-refractivity contribution < 1.29 is 23.5 Å². The summed E-state index contributed by atoms with van der Waals surface area (Å²) in [6.45, 7) is 9.32. The van der Waals surface area contributed by atoms with Crippen LogP contribution in [0.25, 0.3) is 0 Å². The molecule has 0 aliphatic carbocycles. The minimum atomic E-state index is -0.494. The first-order valence-corrected chi connectivity index (χ1v) is 12.0. The predicted octanol–water partition coefficient (Wildman–Crippen LogP) is 3.28. The number of carbonyl (C=O) groups excluding carboxylic acids is 2. The fourth-order valence-corrected chi connectivity index (χ4v) is 5.24. The van der Waals surface area contributed by atoms with Gasteiger partial charge in [-0.1, -0.05) is 0 Å². The first-order valence-electron chi connectivity index (χ1n) is 12.0. The molecule has 3 aliphatic rings. The largest absolute Gasteiger partial charge is 0.459 e. The molecule has 178 valence electrons. The maximum absolute atomic E-state index is 12.8. The van der Waals surface area contributed by atoms with E-state index in [0.717, 1.165) is 58.3 Å². The molecule has 3 atom stereocenters. The Balaban J connectivity index is 1.34. The maximum Gasteiger partial charge on any atom is 0.410 e. The summed E-state index contributed by atoms with van der Waals surface area (Å²) in [6, 6.07) is 4.27. The van der Waals surface area contributed by atoms with Crippen LogP contribution in [0.5, 0.6) is 0 Å². The lowest BCUT2D eigenvalue weighted by molar-refractivity contribution is -0.0194. The van der Waals surface area contributed by atoms with E-state index < -0.39 is 5.60 Å². The number of piperidine rings is 1. The molecule has 3 aliphatic heterocycles. The third kappa shape index (κ3) is 5.46. The molecule has 4 rings (SSSR count). The average Bonchev–Trinajstić information content (AvgIpc) is 3.45. The first-order chi connectivity index (χ1) is 15.3. The second-order valence-corrected chi connectivity index (χ2v) is 10.2. The smallest absolute Gasteiger partial charge is 0.410 e. The molecule has 0 aromatic carbocycles. The van der Waals surface area contributed by atoms with Crippen molar-refractivity contribution in [2.45, 2.75) is 76.6 Å². The van der Waals surface area contributed by atoms with E-state index in [2.05, 4.69) is 5.32 Å². The van der Waals surface area contributed by atoms with Crippen molar-refractivity contribution in [2.24, 2.45) is 5.92 Å². The van der Waals surface area contributed by atoms with E-state index in [4.69, 9.17) is 13.9 Å². The molecule has 3 fully saturated rings. The van der Waals surface area contributed by atoms with Crippen LogP contribution in [-0.2, 0) is 9.47 Å². The molecule has 0 unspecified atom stereocenters. The molecular formula is C24H37N3O5. The number of furan rings is 1. The third-order valence-electron chi connectivity index (χ3n) is 6.79. The molecule has 3 saturated heterocycles. The van der Waals surface area contributed by atoms with E-state index in [1.807, 2.05) is 30.6 Å². The Bertz CT molecular complexity index is 767. The minimum absolute atomic E-state index is 0.0312. The fourth-order valence-electron chi connectivity index (χ4n) is 5.24. The van der Waals surface area contributed by atoms with Crippen LogP contribution in [0.3, 0.4) is 0 Å². The third-order valence-corrected chi connectivity index (χ3v) is 6.79. The van der Waals surface area contributed by atoms with Gasteiger partial charge < -0.3 is 29.0 Å². The number of amides is 2. The summed E-state index contributed by atoms with van der Waals surface area (Å²) in [7, 11) is 0. The summed E-state index contributed by atoms with van der Waals surface area (Å²) >= 11 is 0. The number of rotatable bonds is 4. The number of nitrogens with zero attached hydrogens (tertiary/aromatic N) is 2. The summed E-state index contributed by atoms with van der Waals surface area (Å²) in [4.78, 5) is 29.1. The summed E-state index contributed by atoms with van der Waals surface area (Å²) in [5.41, 5.74) is -0.494. The Kier molecular flexibility index (Phi) is 7.10. The van der Waals surface area contributed by atoms with Gasteiger partial charge in [-0.25, -0.2) is 4.79 Å². The zero-order valence-electron chi connectivity index (χ0n) is 19.5. The molecule has 1 aromatic rings. The highest BCUT2D eigenvalue weighted by Crippen LogP contribution is 2.32. The van der Waals surface area contributed by atoms with E-state index in [-0.39, 0.29) is 24.0 Å². The standard InChI is InChI=1S/C24H37N3O5/c1-24(2,3)32-23(29)27-11-4-6-20(27)18-16-30-15-10-19(18)25-17-8-12-26(13-9-17)22(28)21-7-5-14-31-21/h5,7,14,17-20,25H,4,6,8-13,15-16H2,1-3H3/t18-,19+,20-/m1/s1. The van der Waals surface area contributed by atoms with Gasteiger partial charge in [-0.2, -0.15) is 0 Å². The maximum atomic E-state index is 12.8. The summed E-state index contributed by atoms with van der Waals surface area (Å²) in [6.07, 6.45) is 6.08. The van der Waals surface area contributed by atoms with Crippen molar-refractivity contribution in [1.82, 2.24) is 15.1 Å². The van der Waals surface area contributed by atoms with Gasteiger partial charge in [0.25, 0.3) is 5.91 Å². The Labute approximate surface area is 190 Å². The van der Waals surface area contributed by atoms with Gasteiger partial charge >= 0.3 is 6.09 Å². The van der Waals surface area contributed by atoms with Gasteiger partial charge in [0, 0.05) is 50.3 Å².